The Bertz CT molecular complexity index is 1360. The molecule has 1 fully saturated rings. The van der Waals surface area contributed by atoms with Gasteiger partial charge in [-0.05, 0) is 60.9 Å². The molecule has 1 atom stereocenters. The topological polar surface area (TPSA) is 119 Å². The Labute approximate surface area is 220 Å². The van der Waals surface area contributed by atoms with E-state index < -0.39 is 22.7 Å². The number of rotatable bonds is 10. The number of benzene rings is 3. The maximum absolute atomic E-state index is 13.1. The van der Waals surface area contributed by atoms with E-state index >= 15 is 0 Å². The molecule has 0 aliphatic carbocycles. The van der Waals surface area contributed by atoms with E-state index in [4.69, 9.17) is 9.47 Å². The number of aryl methyl sites for hydroxylation is 1. The molecule has 1 heterocycles. The van der Waals surface area contributed by atoms with Crippen LogP contribution in [0.1, 0.15) is 34.7 Å². The number of non-ortho nitro benzene ring substituents is 1. The number of nitro groups is 1. The maximum Gasteiger partial charge on any atom is 0.295 e. The van der Waals surface area contributed by atoms with Crippen LogP contribution >= 0.6 is 0 Å². The fourth-order valence-electron chi connectivity index (χ4n) is 4.45. The van der Waals surface area contributed by atoms with Crippen LogP contribution < -0.4 is 4.74 Å². The van der Waals surface area contributed by atoms with E-state index in [0.29, 0.717) is 36.5 Å². The summed E-state index contributed by atoms with van der Waals surface area (Å²) >= 11 is 0. The van der Waals surface area contributed by atoms with Crippen LogP contribution in [0.3, 0.4) is 0 Å². The lowest BCUT2D eigenvalue weighted by molar-refractivity contribution is -0.384. The molecule has 0 spiro atoms. The van der Waals surface area contributed by atoms with Crippen LogP contribution in [0, 0.1) is 17.0 Å². The zero-order chi connectivity index (χ0) is 27.2. The van der Waals surface area contributed by atoms with Crippen molar-refractivity contribution in [2.24, 2.45) is 0 Å². The number of ketones is 1. The Morgan fingerprint density at radius 2 is 1.76 bits per heavy atom. The molecule has 4 rings (SSSR count). The van der Waals surface area contributed by atoms with Gasteiger partial charge in [-0.1, -0.05) is 29.8 Å². The lowest BCUT2D eigenvalue weighted by Gasteiger charge is -2.25. The Balaban J connectivity index is 1.64. The molecule has 196 valence electrons. The molecule has 1 aliphatic heterocycles. The van der Waals surface area contributed by atoms with Gasteiger partial charge in [-0.15, -0.1) is 0 Å². The van der Waals surface area contributed by atoms with Gasteiger partial charge in [-0.3, -0.25) is 19.7 Å². The monoisotopic (exact) mass is 516 g/mol. The van der Waals surface area contributed by atoms with Crippen molar-refractivity contribution < 1.29 is 29.1 Å². The average Bonchev–Trinajstić information content (AvgIpc) is 3.17. The second-order valence-electron chi connectivity index (χ2n) is 8.99. The number of hydrogen-bond acceptors (Lipinski definition) is 7. The summed E-state index contributed by atoms with van der Waals surface area (Å²) in [7, 11) is 1.54. The normalized spacial score (nSPS) is 16.6. The van der Waals surface area contributed by atoms with E-state index in [9.17, 15) is 24.8 Å². The minimum Gasteiger partial charge on any atom is -0.507 e. The number of carbonyl (C=O) groups is 2. The predicted molar refractivity (Wildman–Crippen MR) is 141 cm³/mol. The summed E-state index contributed by atoms with van der Waals surface area (Å²) < 4.78 is 10.9. The SMILES string of the molecule is COCCCN1C(=O)C(=O)C(=C(O)c2ccc(OCc3cccc(C)c3)cc2)C1c1ccc([N+](=O)[O-])cc1. The van der Waals surface area contributed by atoms with Crippen LogP contribution in [0.15, 0.2) is 78.4 Å². The van der Waals surface area contributed by atoms with Gasteiger partial charge in [0.2, 0.25) is 0 Å². The van der Waals surface area contributed by atoms with Crippen LogP contribution in [0.25, 0.3) is 5.76 Å². The molecule has 1 N–H and O–H groups in total. The number of likely N-dealkylation sites (tertiary alicyclic amines) is 1. The second kappa shape index (κ2) is 11.7. The van der Waals surface area contributed by atoms with E-state index in [1.54, 1.807) is 24.3 Å². The third-order valence-corrected chi connectivity index (χ3v) is 6.32. The van der Waals surface area contributed by atoms with E-state index in [-0.39, 0.29) is 23.6 Å². The summed E-state index contributed by atoms with van der Waals surface area (Å²) in [5.41, 5.74) is 2.78. The molecule has 1 unspecified atom stereocenters. The molecule has 3 aromatic rings. The van der Waals surface area contributed by atoms with Crippen LogP contribution in [-0.4, -0.2) is 46.9 Å². The zero-order valence-electron chi connectivity index (χ0n) is 21.1. The van der Waals surface area contributed by atoms with Gasteiger partial charge in [0.25, 0.3) is 17.4 Å². The molecule has 0 saturated carbocycles. The summed E-state index contributed by atoms with van der Waals surface area (Å²) in [6, 6.07) is 19.3. The highest BCUT2D eigenvalue weighted by molar-refractivity contribution is 6.46. The van der Waals surface area contributed by atoms with Crippen molar-refractivity contribution in [3.05, 3.63) is 111 Å². The number of Topliss-reactive ketones (excluding diaryl/α,β-unsaturated/α-hetero) is 1. The molecule has 1 aliphatic rings. The van der Waals surface area contributed by atoms with Gasteiger partial charge >= 0.3 is 0 Å². The van der Waals surface area contributed by atoms with Crippen molar-refractivity contribution in [2.45, 2.75) is 26.0 Å². The van der Waals surface area contributed by atoms with Crippen molar-refractivity contribution in [3.63, 3.8) is 0 Å². The molecule has 1 amide bonds. The summed E-state index contributed by atoms with van der Waals surface area (Å²) in [6.07, 6.45) is 0.472. The summed E-state index contributed by atoms with van der Waals surface area (Å²) in [5, 5.41) is 22.3. The highest BCUT2D eigenvalue weighted by Crippen LogP contribution is 2.40. The highest BCUT2D eigenvalue weighted by Gasteiger charge is 2.45. The zero-order valence-corrected chi connectivity index (χ0v) is 21.1. The molecule has 9 heteroatoms. The number of aliphatic hydroxyl groups is 1. The van der Waals surface area contributed by atoms with E-state index in [1.165, 1.54) is 36.3 Å². The highest BCUT2D eigenvalue weighted by atomic mass is 16.6. The first-order valence-electron chi connectivity index (χ1n) is 12.1. The molecule has 0 radical (unpaired) electrons. The minimum absolute atomic E-state index is 0.0744. The van der Waals surface area contributed by atoms with Gasteiger partial charge in [-0.25, -0.2) is 0 Å². The van der Waals surface area contributed by atoms with E-state index in [0.717, 1.165) is 11.1 Å². The van der Waals surface area contributed by atoms with E-state index in [2.05, 4.69) is 0 Å². The largest absolute Gasteiger partial charge is 0.507 e. The van der Waals surface area contributed by atoms with Gasteiger partial charge < -0.3 is 19.5 Å². The molecule has 0 bridgehead atoms. The van der Waals surface area contributed by atoms with Crippen LogP contribution in [-0.2, 0) is 20.9 Å². The molecule has 3 aromatic carbocycles. The molecular weight excluding hydrogens is 488 g/mol. The number of ether oxygens (including phenoxy) is 2. The summed E-state index contributed by atoms with van der Waals surface area (Å²) in [5.74, 6) is -1.31. The molecule has 38 heavy (non-hydrogen) atoms. The lowest BCUT2D eigenvalue weighted by Crippen LogP contribution is -2.31. The molecular formula is C29H28N2O7. The Morgan fingerprint density at radius 1 is 1.05 bits per heavy atom. The smallest absolute Gasteiger partial charge is 0.295 e. The number of carbonyl (C=O) groups excluding carboxylic acids is 2. The van der Waals surface area contributed by atoms with Crippen LogP contribution in [0.4, 0.5) is 5.69 Å². The summed E-state index contributed by atoms with van der Waals surface area (Å²) in [4.78, 5) is 38.0. The van der Waals surface area contributed by atoms with Crippen LogP contribution in [0.5, 0.6) is 5.75 Å². The number of hydrogen-bond donors (Lipinski definition) is 1. The Hall–Kier alpha value is -4.50. The van der Waals surface area contributed by atoms with Crippen molar-refractivity contribution in [2.75, 3.05) is 20.3 Å². The fourth-order valence-corrected chi connectivity index (χ4v) is 4.45. The van der Waals surface area contributed by atoms with Crippen molar-refractivity contribution >= 4 is 23.1 Å². The third-order valence-electron chi connectivity index (χ3n) is 6.32. The Kier molecular flexibility index (Phi) is 8.18. The third kappa shape index (κ3) is 5.73. The number of nitro benzene ring substituents is 1. The average molecular weight is 517 g/mol. The van der Waals surface area contributed by atoms with E-state index in [1.807, 2.05) is 31.2 Å². The maximum atomic E-state index is 13.1. The van der Waals surface area contributed by atoms with Crippen LogP contribution in [0.2, 0.25) is 0 Å². The second-order valence-corrected chi connectivity index (χ2v) is 8.99. The Morgan fingerprint density at radius 3 is 2.39 bits per heavy atom. The first kappa shape index (κ1) is 26.6. The molecule has 0 aromatic heterocycles. The summed E-state index contributed by atoms with van der Waals surface area (Å²) in [6.45, 7) is 2.97. The number of methoxy groups -OCH3 is 1. The van der Waals surface area contributed by atoms with Gasteiger partial charge in [0.15, 0.2) is 0 Å². The quantitative estimate of drug-likeness (QED) is 0.101. The van der Waals surface area contributed by atoms with Gasteiger partial charge in [-0.2, -0.15) is 0 Å². The van der Waals surface area contributed by atoms with Gasteiger partial charge in [0.05, 0.1) is 16.5 Å². The van der Waals surface area contributed by atoms with Crippen molar-refractivity contribution in [1.82, 2.24) is 4.90 Å². The number of amides is 1. The molecule has 9 nitrogen and oxygen atoms in total. The predicted octanol–water partition coefficient (Wildman–Crippen LogP) is 4.94. The van der Waals surface area contributed by atoms with Gasteiger partial charge in [0.1, 0.15) is 18.1 Å². The first-order valence-corrected chi connectivity index (χ1v) is 12.1. The first-order chi connectivity index (χ1) is 18.3. The van der Waals surface area contributed by atoms with Crippen molar-refractivity contribution in [1.29, 1.82) is 0 Å². The minimum atomic E-state index is -0.898. The van der Waals surface area contributed by atoms with Crippen molar-refractivity contribution in [3.8, 4) is 5.75 Å². The lowest BCUT2D eigenvalue weighted by atomic mass is 9.95. The van der Waals surface area contributed by atoms with Gasteiger partial charge in [0, 0.05) is 38.0 Å². The fraction of sp³-hybridized carbons (Fsp3) is 0.241. The number of nitrogens with zero attached hydrogens (tertiary/aromatic N) is 2. The standard InChI is InChI=1S/C29H28N2O7/c1-19-5-3-6-20(17-19)18-38-24-13-9-22(10-14-24)27(32)25-26(21-7-11-23(12-8-21)31(35)36)30(15-4-16-37-2)29(34)28(25)33/h3,5-14,17,26,32H,4,15-16,18H2,1-2H3. The molecule has 1 saturated heterocycles. The number of aliphatic hydroxyl groups excluding tert-OH is 1.